The van der Waals surface area contributed by atoms with Crippen LogP contribution >= 0.6 is 11.6 Å². The lowest BCUT2D eigenvalue weighted by Gasteiger charge is -2.16. The fourth-order valence-electron chi connectivity index (χ4n) is 1.70. The first-order chi connectivity index (χ1) is 8.02. The molecule has 94 valence electrons. The molecule has 2 unspecified atom stereocenters. The number of nitro groups is 1. The molecule has 0 fully saturated rings. The Morgan fingerprint density at radius 3 is 2.65 bits per heavy atom. The number of ether oxygens (including phenoxy) is 1. The topological polar surface area (TPSA) is 78.2 Å². The number of hydrogen-bond acceptors (Lipinski definition) is 5. The molecule has 0 saturated carbocycles. The van der Waals surface area contributed by atoms with Gasteiger partial charge in [0.15, 0.2) is 0 Å². The molecule has 1 rings (SSSR count). The maximum absolute atomic E-state index is 11.0. The van der Waals surface area contributed by atoms with Crippen molar-refractivity contribution in [2.24, 2.45) is 0 Å². The van der Waals surface area contributed by atoms with Gasteiger partial charge in [0.2, 0.25) is 0 Å². The molecule has 0 aliphatic heterocycles. The minimum Gasteiger partial charge on any atom is -0.476 e. The summed E-state index contributed by atoms with van der Waals surface area (Å²) >= 11 is 6.03. The molecule has 7 heteroatoms. The number of nitrogens with zero attached hydrogens (tertiary/aromatic N) is 3. The first kappa shape index (κ1) is 13.6. The Morgan fingerprint density at radius 1 is 1.59 bits per heavy atom. The van der Waals surface area contributed by atoms with Crippen LogP contribution in [0.3, 0.4) is 0 Å². The van der Waals surface area contributed by atoms with Crippen LogP contribution in [-0.2, 0) is 0 Å². The van der Waals surface area contributed by atoms with E-state index in [4.69, 9.17) is 16.3 Å². The summed E-state index contributed by atoms with van der Waals surface area (Å²) in [6, 6.07) is 0. The third kappa shape index (κ3) is 2.82. The van der Waals surface area contributed by atoms with Crippen LogP contribution in [0, 0.1) is 10.1 Å². The van der Waals surface area contributed by atoms with Crippen LogP contribution < -0.4 is 4.74 Å². The predicted octanol–water partition coefficient (Wildman–Crippen LogP) is 2.51. The number of hydrogen-bond donors (Lipinski definition) is 0. The van der Waals surface area contributed by atoms with E-state index in [1.165, 1.54) is 13.4 Å². The van der Waals surface area contributed by atoms with E-state index < -0.39 is 4.92 Å². The van der Waals surface area contributed by atoms with Gasteiger partial charge in [-0.3, -0.25) is 10.1 Å². The van der Waals surface area contributed by atoms with Crippen molar-refractivity contribution in [3.05, 3.63) is 22.1 Å². The van der Waals surface area contributed by atoms with E-state index >= 15 is 0 Å². The number of rotatable bonds is 5. The molecule has 0 bridgehead atoms. The van der Waals surface area contributed by atoms with Gasteiger partial charge in [0, 0.05) is 11.3 Å². The highest BCUT2D eigenvalue weighted by atomic mass is 35.5. The van der Waals surface area contributed by atoms with Crippen LogP contribution in [0.4, 0.5) is 5.69 Å². The number of halogens is 1. The Balaban J connectivity index is 3.36. The Bertz CT molecular complexity index is 412. The van der Waals surface area contributed by atoms with Gasteiger partial charge in [-0.05, 0) is 13.3 Å². The Hall–Kier alpha value is -1.43. The Kier molecular flexibility index (Phi) is 4.62. The summed E-state index contributed by atoms with van der Waals surface area (Å²) in [6.07, 6.45) is 1.91. The second-order valence-corrected chi connectivity index (χ2v) is 4.25. The maximum atomic E-state index is 11.0. The number of aromatic nitrogens is 2. The normalized spacial score (nSPS) is 14.1. The highest BCUT2D eigenvalue weighted by molar-refractivity contribution is 6.20. The van der Waals surface area contributed by atoms with Gasteiger partial charge in [-0.1, -0.05) is 6.92 Å². The minimum atomic E-state index is -0.532. The summed E-state index contributed by atoms with van der Waals surface area (Å²) in [6.45, 7) is 3.69. The molecule has 0 amide bonds. The molecule has 1 heterocycles. The molecule has 1 aromatic rings. The van der Waals surface area contributed by atoms with Crippen LogP contribution in [0.5, 0.6) is 5.88 Å². The second-order valence-electron chi connectivity index (χ2n) is 3.57. The van der Waals surface area contributed by atoms with Crippen molar-refractivity contribution >= 4 is 17.3 Å². The summed E-state index contributed by atoms with van der Waals surface area (Å²) in [7, 11) is 1.34. The van der Waals surface area contributed by atoms with Gasteiger partial charge in [0.05, 0.1) is 12.0 Å². The lowest BCUT2D eigenvalue weighted by molar-refractivity contribution is -0.387. The van der Waals surface area contributed by atoms with E-state index in [1.54, 1.807) is 6.92 Å². The van der Waals surface area contributed by atoms with E-state index in [2.05, 4.69) is 9.97 Å². The molecular formula is C10H14ClN3O3. The Morgan fingerprint density at radius 2 is 2.24 bits per heavy atom. The van der Waals surface area contributed by atoms with E-state index in [0.29, 0.717) is 12.1 Å². The third-order valence-corrected chi connectivity index (χ3v) is 2.84. The van der Waals surface area contributed by atoms with Crippen molar-refractivity contribution in [3.8, 4) is 5.88 Å². The lowest BCUT2D eigenvalue weighted by Crippen LogP contribution is -2.14. The van der Waals surface area contributed by atoms with Crippen molar-refractivity contribution in [3.63, 3.8) is 0 Å². The van der Waals surface area contributed by atoms with Gasteiger partial charge in [-0.25, -0.2) is 4.98 Å². The van der Waals surface area contributed by atoms with E-state index in [9.17, 15) is 10.1 Å². The average molecular weight is 260 g/mol. The van der Waals surface area contributed by atoms with Crippen molar-refractivity contribution in [1.82, 2.24) is 9.97 Å². The van der Waals surface area contributed by atoms with Gasteiger partial charge >= 0.3 is 5.69 Å². The monoisotopic (exact) mass is 259 g/mol. The molecule has 0 aromatic carbocycles. The molecule has 1 aromatic heterocycles. The summed E-state index contributed by atoms with van der Waals surface area (Å²) < 4.78 is 4.89. The highest BCUT2D eigenvalue weighted by Crippen LogP contribution is 2.36. The van der Waals surface area contributed by atoms with Gasteiger partial charge in [0.25, 0.3) is 5.88 Å². The van der Waals surface area contributed by atoms with Gasteiger partial charge in [-0.2, -0.15) is 4.98 Å². The van der Waals surface area contributed by atoms with Gasteiger partial charge in [-0.15, -0.1) is 11.6 Å². The minimum absolute atomic E-state index is 0.0317. The molecule has 2 atom stereocenters. The fourth-order valence-corrected chi connectivity index (χ4v) is 2.00. The highest BCUT2D eigenvalue weighted by Gasteiger charge is 2.30. The van der Waals surface area contributed by atoms with Crippen LogP contribution in [0.25, 0.3) is 0 Å². The van der Waals surface area contributed by atoms with E-state index in [-0.39, 0.29) is 22.9 Å². The molecule has 0 N–H and O–H groups in total. The molecule has 0 aliphatic rings. The molecule has 17 heavy (non-hydrogen) atoms. The first-order valence-electron chi connectivity index (χ1n) is 5.20. The largest absolute Gasteiger partial charge is 0.476 e. The van der Waals surface area contributed by atoms with Crippen LogP contribution in [0.1, 0.15) is 31.9 Å². The fraction of sp³-hybridized carbons (Fsp3) is 0.600. The average Bonchev–Trinajstić information content (AvgIpc) is 2.28. The molecule has 6 nitrogen and oxygen atoms in total. The maximum Gasteiger partial charge on any atom is 0.352 e. The SMILES string of the molecule is CCC(c1ncnc(OC)c1[N+](=O)[O-])C(C)Cl. The summed E-state index contributed by atoms with van der Waals surface area (Å²) in [4.78, 5) is 18.2. The van der Waals surface area contributed by atoms with Crippen molar-refractivity contribution in [2.45, 2.75) is 31.6 Å². The molecule has 0 radical (unpaired) electrons. The van der Waals surface area contributed by atoms with Gasteiger partial charge < -0.3 is 4.74 Å². The number of alkyl halides is 1. The standard InChI is InChI=1S/C10H14ClN3O3/c1-4-7(6(2)11)8-9(14(15)16)10(17-3)13-5-12-8/h5-7H,4H2,1-3H3. The van der Waals surface area contributed by atoms with E-state index in [1.807, 2.05) is 6.92 Å². The van der Waals surface area contributed by atoms with Crippen LogP contribution in [0.15, 0.2) is 6.33 Å². The summed E-state index contributed by atoms with van der Waals surface area (Å²) in [5.74, 6) is -0.232. The quantitative estimate of drug-likeness (QED) is 0.461. The van der Waals surface area contributed by atoms with Gasteiger partial charge in [0.1, 0.15) is 12.0 Å². The first-order valence-corrected chi connectivity index (χ1v) is 5.63. The van der Waals surface area contributed by atoms with Crippen LogP contribution in [-0.4, -0.2) is 27.4 Å². The zero-order chi connectivity index (χ0) is 13.0. The molecule has 0 aliphatic carbocycles. The zero-order valence-electron chi connectivity index (χ0n) is 9.88. The molecule has 0 spiro atoms. The van der Waals surface area contributed by atoms with Crippen molar-refractivity contribution in [2.75, 3.05) is 7.11 Å². The molecule has 0 saturated heterocycles. The summed E-state index contributed by atoms with van der Waals surface area (Å²) in [5, 5.41) is 10.8. The second kappa shape index (κ2) is 5.77. The predicted molar refractivity (Wildman–Crippen MR) is 63.6 cm³/mol. The van der Waals surface area contributed by atoms with Crippen molar-refractivity contribution in [1.29, 1.82) is 0 Å². The third-order valence-electron chi connectivity index (χ3n) is 2.54. The lowest BCUT2D eigenvalue weighted by atomic mass is 9.97. The smallest absolute Gasteiger partial charge is 0.352 e. The van der Waals surface area contributed by atoms with Crippen LogP contribution in [0.2, 0.25) is 0 Å². The number of methoxy groups -OCH3 is 1. The van der Waals surface area contributed by atoms with E-state index in [0.717, 1.165) is 0 Å². The summed E-state index contributed by atoms with van der Waals surface area (Å²) in [5.41, 5.74) is 0.126. The molecular weight excluding hydrogens is 246 g/mol. The van der Waals surface area contributed by atoms with Crippen molar-refractivity contribution < 1.29 is 9.66 Å². The Labute approximate surface area is 104 Å². The zero-order valence-corrected chi connectivity index (χ0v) is 10.6.